The maximum absolute atomic E-state index is 13.0. The maximum atomic E-state index is 13.0. The standard InChI is InChI=1S/C18H23N5O/c1-3-22(15-9-8-13-6-4-5-7-14(13)15)17(24)16-20-18-19-12(2)10-11-23(18)21-16/h4-7,12,15H,3,8-11H2,1-2H3,(H,19,20,21). The zero-order valence-corrected chi connectivity index (χ0v) is 14.2. The Bertz CT molecular complexity index is 769. The average Bonchev–Trinajstić information content (AvgIpc) is 3.19. The van der Waals surface area contributed by atoms with Crippen LogP contribution in [0.5, 0.6) is 0 Å². The maximum Gasteiger partial charge on any atom is 0.294 e. The number of aromatic nitrogens is 3. The number of hydrogen-bond acceptors (Lipinski definition) is 4. The first-order valence-corrected chi connectivity index (χ1v) is 8.77. The Morgan fingerprint density at radius 2 is 2.21 bits per heavy atom. The highest BCUT2D eigenvalue weighted by Crippen LogP contribution is 2.36. The van der Waals surface area contributed by atoms with Gasteiger partial charge in [0, 0.05) is 19.1 Å². The molecule has 1 N–H and O–H groups in total. The lowest BCUT2D eigenvalue weighted by Crippen LogP contribution is -2.34. The number of amides is 1. The van der Waals surface area contributed by atoms with E-state index in [4.69, 9.17) is 0 Å². The highest BCUT2D eigenvalue weighted by atomic mass is 16.2. The van der Waals surface area contributed by atoms with E-state index in [1.807, 2.05) is 22.6 Å². The van der Waals surface area contributed by atoms with Crippen LogP contribution in [0.15, 0.2) is 24.3 Å². The summed E-state index contributed by atoms with van der Waals surface area (Å²) in [6, 6.07) is 8.91. The van der Waals surface area contributed by atoms with Gasteiger partial charge >= 0.3 is 0 Å². The first kappa shape index (κ1) is 15.2. The highest BCUT2D eigenvalue weighted by molar-refractivity contribution is 5.91. The monoisotopic (exact) mass is 325 g/mol. The summed E-state index contributed by atoms with van der Waals surface area (Å²) in [5.74, 6) is 0.938. The highest BCUT2D eigenvalue weighted by Gasteiger charge is 2.32. The van der Waals surface area contributed by atoms with Gasteiger partial charge in [-0.3, -0.25) is 4.79 Å². The molecule has 0 radical (unpaired) electrons. The first-order valence-electron chi connectivity index (χ1n) is 8.77. The molecule has 2 aliphatic rings. The molecule has 1 aliphatic heterocycles. The Balaban J connectivity index is 1.61. The van der Waals surface area contributed by atoms with Gasteiger partial charge in [0.1, 0.15) is 0 Å². The number of nitrogens with zero attached hydrogens (tertiary/aromatic N) is 4. The van der Waals surface area contributed by atoms with Crippen LogP contribution in [0.3, 0.4) is 0 Å². The molecule has 2 heterocycles. The van der Waals surface area contributed by atoms with Gasteiger partial charge in [-0.2, -0.15) is 4.98 Å². The van der Waals surface area contributed by atoms with Crippen LogP contribution in [0.25, 0.3) is 0 Å². The molecule has 0 fully saturated rings. The molecule has 1 aromatic heterocycles. The second-order valence-electron chi connectivity index (χ2n) is 6.66. The van der Waals surface area contributed by atoms with Crippen LogP contribution in [0.1, 0.15) is 54.5 Å². The summed E-state index contributed by atoms with van der Waals surface area (Å²) < 4.78 is 1.81. The Hall–Kier alpha value is -2.37. The van der Waals surface area contributed by atoms with Crippen LogP contribution >= 0.6 is 0 Å². The van der Waals surface area contributed by atoms with Crippen molar-refractivity contribution in [3.63, 3.8) is 0 Å². The molecule has 6 nitrogen and oxygen atoms in total. The van der Waals surface area contributed by atoms with Crippen molar-refractivity contribution in [2.45, 2.75) is 51.7 Å². The van der Waals surface area contributed by atoms with Crippen LogP contribution in [0.2, 0.25) is 0 Å². The van der Waals surface area contributed by atoms with Crippen LogP contribution < -0.4 is 5.32 Å². The first-order chi connectivity index (χ1) is 11.7. The second-order valence-corrected chi connectivity index (χ2v) is 6.66. The molecule has 6 heteroatoms. The minimum Gasteiger partial charge on any atom is -0.352 e. The number of fused-ring (bicyclic) bond motifs is 2. The molecule has 4 rings (SSSR count). The van der Waals surface area contributed by atoms with E-state index in [1.165, 1.54) is 11.1 Å². The number of nitrogens with one attached hydrogen (secondary N) is 1. The molecule has 2 aromatic rings. The number of aryl methyl sites for hydroxylation is 2. The smallest absolute Gasteiger partial charge is 0.294 e. The van der Waals surface area contributed by atoms with Gasteiger partial charge in [0.15, 0.2) is 0 Å². The third-order valence-electron chi connectivity index (χ3n) is 5.09. The summed E-state index contributed by atoms with van der Waals surface area (Å²) in [6.07, 6.45) is 3.00. The molecule has 1 aromatic carbocycles. The van der Waals surface area contributed by atoms with Crippen LogP contribution in [-0.2, 0) is 13.0 Å². The van der Waals surface area contributed by atoms with E-state index in [9.17, 15) is 4.79 Å². The summed E-state index contributed by atoms with van der Waals surface area (Å²) in [5.41, 5.74) is 2.62. The fourth-order valence-electron chi connectivity index (χ4n) is 3.80. The van der Waals surface area contributed by atoms with E-state index in [-0.39, 0.29) is 11.9 Å². The van der Waals surface area contributed by atoms with Crippen molar-refractivity contribution in [2.24, 2.45) is 0 Å². The zero-order chi connectivity index (χ0) is 16.7. The van der Waals surface area contributed by atoms with Crippen LogP contribution in [0, 0.1) is 0 Å². The van der Waals surface area contributed by atoms with E-state index in [0.29, 0.717) is 24.4 Å². The molecular formula is C18H23N5O. The predicted octanol–water partition coefficient (Wildman–Crippen LogP) is 2.63. The van der Waals surface area contributed by atoms with Crippen LogP contribution in [0.4, 0.5) is 5.95 Å². The molecule has 1 aliphatic carbocycles. The SMILES string of the molecule is CCN(C(=O)c1nc2n(n1)CCC(C)N2)C1CCc2ccccc21. The number of carbonyl (C=O) groups excluding carboxylic acids is 1. The van der Waals surface area contributed by atoms with Gasteiger partial charge in [0.05, 0.1) is 6.04 Å². The summed E-state index contributed by atoms with van der Waals surface area (Å²) in [6.45, 7) is 5.61. The molecule has 0 spiro atoms. The van der Waals surface area contributed by atoms with Crippen molar-refractivity contribution in [1.82, 2.24) is 19.7 Å². The largest absolute Gasteiger partial charge is 0.352 e. The van der Waals surface area contributed by atoms with Crippen molar-refractivity contribution < 1.29 is 4.79 Å². The summed E-state index contributed by atoms with van der Waals surface area (Å²) in [5, 5.41) is 7.73. The normalized spacial score (nSPS) is 21.8. The third-order valence-corrected chi connectivity index (χ3v) is 5.09. The summed E-state index contributed by atoms with van der Waals surface area (Å²) >= 11 is 0. The Morgan fingerprint density at radius 3 is 3.04 bits per heavy atom. The predicted molar refractivity (Wildman–Crippen MR) is 91.9 cm³/mol. The molecular weight excluding hydrogens is 302 g/mol. The molecule has 0 bridgehead atoms. The zero-order valence-electron chi connectivity index (χ0n) is 14.2. The lowest BCUT2D eigenvalue weighted by Gasteiger charge is -2.27. The molecule has 24 heavy (non-hydrogen) atoms. The van der Waals surface area contributed by atoms with Crippen molar-refractivity contribution in [3.05, 3.63) is 41.2 Å². The Kier molecular flexibility index (Phi) is 3.75. The van der Waals surface area contributed by atoms with Crippen LogP contribution in [-0.4, -0.2) is 38.2 Å². The van der Waals surface area contributed by atoms with Crippen molar-refractivity contribution in [1.29, 1.82) is 0 Å². The van der Waals surface area contributed by atoms with Gasteiger partial charge < -0.3 is 10.2 Å². The van der Waals surface area contributed by atoms with Gasteiger partial charge in [0.25, 0.3) is 5.91 Å². The van der Waals surface area contributed by atoms with E-state index >= 15 is 0 Å². The van der Waals surface area contributed by atoms with E-state index < -0.39 is 0 Å². The summed E-state index contributed by atoms with van der Waals surface area (Å²) in [4.78, 5) is 19.4. The molecule has 2 atom stereocenters. The van der Waals surface area contributed by atoms with E-state index in [2.05, 4.69) is 40.5 Å². The summed E-state index contributed by atoms with van der Waals surface area (Å²) in [7, 11) is 0. The number of hydrogen-bond donors (Lipinski definition) is 1. The Labute approximate surface area is 141 Å². The van der Waals surface area contributed by atoms with E-state index in [0.717, 1.165) is 25.8 Å². The molecule has 126 valence electrons. The molecule has 1 amide bonds. The average molecular weight is 325 g/mol. The third kappa shape index (κ3) is 2.46. The fraction of sp³-hybridized carbons (Fsp3) is 0.500. The minimum atomic E-state index is -0.0736. The van der Waals surface area contributed by atoms with Gasteiger partial charge in [-0.05, 0) is 44.2 Å². The van der Waals surface area contributed by atoms with E-state index in [1.54, 1.807) is 0 Å². The van der Waals surface area contributed by atoms with Crippen molar-refractivity contribution in [3.8, 4) is 0 Å². The molecule has 2 unspecified atom stereocenters. The van der Waals surface area contributed by atoms with Gasteiger partial charge in [-0.1, -0.05) is 24.3 Å². The topological polar surface area (TPSA) is 63.1 Å². The number of carbonyl (C=O) groups is 1. The fourth-order valence-corrected chi connectivity index (χ4v) is 3.80. The number of anilines is 1. The van der Waals surface area contributed by atoms with Gasteiger partial charge in [0.2, 0.25) is 11.8 Å². The second kappa shape index (κ2) is 5.92. The molecule has 0 saturated heterocycles. The number of benzene rings is 1. The quantitative estimate of drug-likeness (QED) is 0.942. The minimum absolute atomic E-state index is 0.0736. The van der Waals surface area contributed by atoms with Gasteiger partial charge in [-0.25, -0.2) is 4.68 Å². The van der Waals surface area contributed by atoms with Crippen molar-refractivity contribution in [2.75, 3.05) is 11.9 Å². The molecule has 0 saturated carbocycles. The lowest BCUT2D eigenvalue weighted by molar-refractivity contribution is 0.0675. The lowest BCUT2D eigenvalue weighted by atomic mass is 10.1. The van der Waals surface area contributed by atoms with Crippen molar-refractivity contribution >= 4 is 11.9 Å². The van der Waals surface area contributed by atoms with Gasteiger partial charge in [-0.15, -0.1) is 5.10 Å². The number of rotatable bonds is 3. The Morgan fingerprint density at radius 1 is 1.38 bits per heavy atom.